The maximum absolute atomic E-state index is 12.0. The van der Waals surface area contributed by atoms with Gasteiger partial charge in [0.2, 0.25) is 0 Å². The van der Waals surface area contributed by atoms with E-state index in [9.17, 15) is 9.90 Å². The zero-order valence-electron chi connectivity index (χ0n) is 19.1. The predicted octanol–water partition coefficient (Wildman–Crippen LogP) is 5.83. The van der Waals surface area contributed by atoms with E-state index in [-0.39, 0.29) is 5.78 Å². The van der Waals surface area contributed by atoms with E-state index in [0.717, 1.165) is 67.4 Å². The monoisotopic (exact) mass is 412 g/mol. The second-order valence-corrected chi connectivity index (χ2v) is 7.84. The van der Waals surface area contributed by atoms with Crippen molar-refractivity contribution in [2.24, 2.45) is 0 Å². The number of rotatable bonds is 12. The van der Waals surface area contributed by atoms with Gasteiger partial charge in [-0.15, -0.1) is 0 Å². The first kappa shape index (κ1) is 23.9. The van der Waals surface area contributed by atoms with E-state index in [1.54, 1.807) is 21.1 Å². The Balaban J connectivity index is 2.24. The highest BCUT2D eigenvalue weighted by atomic mass is 16.5. The van der Waals surface area contributed by atoms with E-state index in [1.165, 1.54) is 11.1 Å². The fraction of sp³-hybridized carbons (Fsp3) is 0.500. The molecule has 4 heteroatoms. The van der Waals surface area contributed by atoms with Crippen LogP contribution in [0, 0.1) is 0 Å². The Morgan fingerprint density at radius 2 is 1.43 bits per heavy atom. The third-order valence-electron chi connectivity index (χ3n) is 5.60. The second-order valence-electron chi connectivity index (χ2n) is 7.84. The molecule has 0 unspecified atom stereocenters. The molecule has 2 aromatic rings. The summed E-state index contributed by atoms with van der Waals surface area (Å²) in [4.78, 5) is 12.0. The number of benzene rings is 2. The number of carbonyl (C=O) groups excluding carboxylic acids is 1. The van der Waals surface area contributed by atoms with E-state index in [2.05, 4.69) is 26.0 Å². The van der Waals surface area contributed by atoms with Crippen LogP contribution in [0.3, 0.4) is 0 Å². The van der Waals surface area contributed by atoms with Crippen molar-refractivity contribution in [3.63, 3.8) is 0 Å². The van der Waals surface area contributed by atoms with Crippen LogP contribution in [0.1, 0.15) is 78.2 Å². The number of hydrogen-bond acceptors (Lipinski definition) is 4. The number of methoxy groups -OCH3 is 2. The van der Waals surface area contributed by atoms with Gasteiger partial charge in [0.05, 0.1) is 19.3 Å². The molecule has 0 radical (unpaired) electrons. The van der Waals surface area contributed by atoms with E-state index in [0.29, 0.717) is 17.9 Å². The summed E-state index contributed by atoms with van der Waals surface area (Å²) >= 11 is 0. The number of ketones is 1. The van der Waals surface area contributed by atoms with Gasteiger partial charge in [0.15, 0.2) is 5.78 Å². The minimum atomic E-state index is 0.0339. The Labute approximate surface area is 181 Å². The fourth-order valence-electron chi connectivity index (χ4n) is 4.17. The summed E-state index contributed by atoms with van der Waals surface area (Å²) in [6.45, 7) is 6.28. The quantitative estimate of drug-likeness (QED) is 0.446. The van der Waals surface area contributed by atoms with Crippen molar-refractivity contribution in [2.45, 2.75) is 72.3 Å². The molecule has 0 atom stereocenters. The van der Waals surface area contributed by atoms with Crippen molar-refractivity contribution >= 4 is 5.78 Å². The van der Waals surface area contributed by atoms with Gasteiger partial charge in [0.1, 0.15) is 11.5 Å². The van der Waals surface area contributed by atoms with Gasteiger partial charge < -0.3 is 14.6 Å². The van der Waals surface area contributed by atoms with Crippen molar-refractivity contribution in [3.05, 3.63) is 57.6 Å². The number of phenolic OH excluding ortho intramolecular Hbond substituents is 1. The van der Waals surface area contributed by atoms with Gasteiger partial charge in [0.25, 0.3) is 0 Å². The van der Waals surface area contributed by atoms with E-state index >= 15 is 0 Å². The molecule has 0 saturated carbocycles. The molecule has 0 spiro atoms. The van der Waals surface area contributed by atoms with E-state index < -0.39 is 0 Å². The number of Topliss-reactive ketones (excluding diaryl/α,β-unsaturated/α-hetero) is 1. The standard InChI is InChI=1S/C26H36O4/c1-6-9-23-19(13-14-21(17-29-4)25(23)28)11-8-12-20-15-16-22(18(3)27)26(30-5)24(20)10-7-2/h13-16,28H,6-12,17H2,1-5H3. The Kier molecular flexibility index (Phi) is 9.38. The van der Waals surface area contributed by atoms with Crippen molar-refractivity contribution in [1.29, 1.82) is 0 Å². The number of phenols is 1. The van der Waals surface area contributed by atoms with Crippen LogP contribution >= 0.6 is 0 Å². The van der Waals surface area contributed by atoms with Gasteiger partial charge in [0, 0.05) is 12.7 Å². The number of carbonyl (C=O) groups is 1. The molecule has 164 valence electrons. The highest BCUT2D eigenvalue weighted by Crippen LogP contribution is 2.32. The normalized spacial score (nSPS) is 11.0. The second kappa shape index (κ2) is 11.8. The first-order valence-corrected chi connectivity index (χ1v) is 11.0. The third kappa shape index (κ3) is 5.63. The molecule has 0 amide bonds. The summed E-state index contributed by atoms with van der Waals surface area (Å²) in [5.74, 6) is 1.15. The van der Waals surface area contributed by atoms with Crippen LogP contribution in [0.4, 0.5) is 0 Å². The largest absolute Gasteiger partial charge is 0.507 e. The minimum absolute atomic E-state index is 0.0339. The summed E-state index contributed by atoms with van der Waals surface area (Å²) in [6.07, 6.45) is 6.53. The highest BCUT2D eigenvalue weighted by Gasteiger charge is 2.17. The van der Waals surface area contributed by atoms with Crippen LogP contribution in [-0.2, 0) is 37.0 Å². The molecule has 2 aromatic carbocycles. The summed E-state index contributed by atoms with van der Waals surface area (Å²) in [7, 11) is 3.29. The first-order valence-electron chi connectivity index (χ1n) is 11.0. The Morgan fingerprint density at radius 1 is 0.867 bits per heavy atom. The molecule has 0 fully saturated rings. The lowest BCUT2D eigenvalue weighted by atomic mass is 9.91. The smallest absolute Gasteiger partial charge is 0.163 e. The maximum atomic E-state index is 12.0. The molecule has 1 N–H and O–H groups in total. The molecule has 0 aliphatic heterocycles. The number of aromatic hydroxyl groups is 1. The summed E-state index contributed by atoms with van der Waals surface area (Å²) in [5, 5.41) is 10.7. The number of ether oxygens (including phenoxy) is 2. The fourth-order valence-corrected chi connectivity index (χ4v) is 4.17. The lowest BCUT2D eigenvalue weighted by Crippen LogP contribution is -2.06. The van der Waals surface area contributed by atoms with Crippen molar-refractivity contribution < 1.29 is 19.4 Å². The Morgan fingerprint density at radius 3 is 2.00 bits per heavy atom. The van der Waals surface area contributed by atoms with Gasteiger partial charge in [-0.3, -0.25) is 4.79 Å². The molecule has 0 aliphatic carbocycles. The zero-order valence-corrected chi connectivity index (χ0v) is 19.1. The lowest BCUT2D eigenvalue weighted by Gasteiger charge is -2.17. The molecule has 30 heavy (non-hydrogen) atoms. The summed E-state index contributed by atoms with van der Waals surface area (Å²) in [6, 6.07) is 8.08. The lowest BCUT2D eigenvalue weighted by molar-refractivity contribution is 0.101. The number of aryl methyl sites for hydroxylation is 2. The first-order chi connectivity index (χ1) is 14.5. The van der Waals surface area contributed by atoms with E-state index in [1.807, 2.05) is 12.1 Å². The van der Waals surface area contributed by atoms with Crippen LogP contribution in [0.5, 0.6) is 11.5 Å². The summed E-state index contributed by atoms with van der Waals surface area (Å²) in [5.41, 5.74) is 6.16. The SMILES string of the molecule is CCCc1c(CCCc2ccc(C(C)=O)c(OC)c2CCC)ccc(COC)c1O. The summed E-state index contributed by atoms with van der Waals surface area (Å²) < 4.78 is 10.8. The maximum Gasteiger partial charge on any atom is 0.163 e. The third-order valence-corrected chi connectivity index (χ3v) is 5.60. The van der Waals surface area contributed by atoms with Crippen LogP contribution < -0.4 is 4.74 Å². The van der Waals surface area contributed by atoms with Crippen LogP contribution in [0.15, 0.2) is 24.3 Å². The van der Waals surface area contributed by atoms with Gasteiger partial charge in [-0.05, 0) is 67.3 Å². The topological polar surface area (TPSA) is 55.8 Å². The highest BCUT2D eigenvalue weighted by molar-refractivity contribution is 5.97. The predicted molar refractivity (Wildman–Crippen MR) is 122 cm³/mol. The Bertz CT molecular complexity index is 855. The molecule has 4 nitrogen and oxygen atoms in total. The van der Waals surface area contributed by atoms with Gasteiger partial charge >= 0.3 is 0 Å². The molecule has 2 rings (SSSR count). The van der Waals surface area contributed by atoms with Crippen molar-refractivity contribution in [2.75, 3.05) is 14.2 Å². The van der Waals surface area contributed by atoms with Gasteiger partial charge in [-0.25, -0.2) is 0 Å². The average Bonchev–Trinajstić information content (AvgIpc) is 2.73. The Hall–Kier alpha value is -2.33. The zero-order chi connectivity index (χ0) is 22.1. The molecule has 0 heterocycles. The van der Waals surface area contributed by atoms with Crippen molar-refractivity contribution in [3.8, 4) is 11.5 Å². The molecule has 0 saturated heterocycles. The van der Waals surface area contributed by atoms with Crippen molar-refractivity contribution in [1.82, 2.24) is 0 Å². The molecular formula is C26H36O4. The van der Waals surface area contributed by atoms with Crippen LogP contribution in [0.2, 0.25) is 0 Å². The van der Waals surface area contributed by atoms with E-state index in [4.69, 9.17) is 9.47 Å². The molecule has 0 aromatic heterocycles. The number of hydrogen-bond donors (Lipinski definition) is 1. The molecule has 0 bridgehead atoms. The molecule has 0 aliphatic rings. The van der Waals surface area contributed by atoms with Gasteiger partial charge in [-0.2, -0.15) is 0 Å². The van der Waals surface area contributed by atoms with Crippen LogP contribution in [0.25, 0.3) is 0 Å². The van der Waals surface area contributed by atoms with Crippen LogP contribution in [-0.4, -0.2) is 25.1 Å². The van der Waals surface area contributed by atoms with Gasteiger partial charge in [-0.1, -0.05) is 44.9 Å². The average molecular weight is 413 g/mol. The molecular weight excluding hydrogens is 376 g/mol. The minimum Gasteiger partial charge on any atom is -0.507 e.